The Balaban J connectivity index is 2.25. The van der Waals surface area contributed by atoms with E-state index < -0.39 is 0 Å². The normalized spacial score (nSPS) is 18.2. The van der Waals surface area contributed by atoms with Crippen molar-refractivity contribution in [1.82, 2.24) is 15.0 Å². The summed E-state index contributed by atoms with van der Waals surface area (Å²) >= 11 is 0. The van der Waals surface area contributed by atoms with Gasteiger partial charge >= 0.3 is 6.01 Å². The first-order chi connectivity index (χ1) is 9.04. The van der Waals surface area contributed by atoms with Crippen LogP contribution in [0.1, 0.15) is 20.8 Å². The molecule has 1 N–H and O–H groups in total. The van der Waals surface area contributed by atoms with Crippen molar-refractivity contribution >= 4 is 11.9 Å². The van der Waals surface area contributed by atoms with Crippen LogP contribution in [0.3, 0.4) is 0 Å². The summed E-state index contributed by atoms with van der Waals surface area (Å²) in [6, 6.07) is 0.324. The maximum absolute atomic E-state index is 5.69. The number of nitrogens with one attached hydrogen (secondary N) is 1. The van der Waals surface area contributed by atoms with Crippen molar-refractivity contribution in [3.63, 3.8) is 0 Å². The first-order valence-corrected chi connectivity index (χ1v) is 6.47. The van der Waals surface area contributed by atoms with Crippen molar-refractivity contribution in [2.75, 3.05) is 43.6 Å². The van der Waals surface area contributed by atoms with Crippen molar-refractivity contribution in [2.45, 2.75) is 26.4 Å². The number of methoxy groups -OCH3 is 1. The summed E-state index contributed by atoms with van der Waals surface area (Å²) in [5, 5.41) is 3.08. The van der Waals surface area contributed by atoms with Crippen LogP contribution in [0.2, 0.25) is 0 Å². The van der Waals surface area contributed by atoms with Crippen LogP contribution in [0.15, 0.2) is 0 Å². The average Bonchev–Trinajstić information content (AvgIpc) is 2.37. The van der Waals surface area contributed by atoms with Gasteiger partial charge in [-0.15, -0.1) is 0 Å². The zero-order chi connectivity index (χ0) is 13.9. The van der Waals surface area contributed by atoms with Gasteiger partial charge in [0.05, 0.1) is 19.3 Å². The minimum Gasteiger partial charge on any atom is -0.467 e. The molecule has 0 aliphatic carbocycles. The molecule has 0 bridgehead atoms. The van der Waals surface area contributed by atoms with E-state index in [0.717, 1.165) is 19.6 Å². The predicted molar refractivity (Wildman–Crippen MR) is 72.8 cm³/mol. The summed E-state index contributed by atoms with van der Waals surface area (Å²) in [4.78, 5) is 15.0. The van der Waals surface area contributed by atoms with Crippen LogP contribution in [0.25, 0.3) is 0 Å². The maximum atomic E-state index is 5.69. The van der Waals surface area contributed by atoms with Crippen molar-refractivity contribution < 1.29 is 9.47 Å². The lowest BCUT2D eigenvalue weighted by atomic mass is 10.1. The van der Waals surface area contributed by atoms with Gasteiger partial charge in [-0.05, 0) is 20.8 Å². The second kappa shape index (κ2) is 5.56. The molecule has 2 rings (SSSR count). The molecule has 7 heteroatoms. The van der Waals surface area contributed by atoms with Crippen molar-refractivity contribution in [3.8, 4) is 6.01 Å². The summed E-state index contributed by atoms with van der Waals surface area (Å²) in [6.07, 6.45) is 0. The summed E-state index contributed by atoms with van der Waals surface area (Å²) in [6.45, 7) is 9.03. The summed E-state index contributed by atoms with van der Waals surface area (Å²) in [5.41, 5.74) is -0.198. The molecule has 0 aromatic carbocycles. The lowest BCUT2D eigenvalue weighted by Gasteiger charge is -2.38. The number of ether oxygens (including phenoxy) is 2. The molecule has 0 amide bonds. The standard InChI is InChI=1S/C12H21N5O2/c1-5-13-9-14-10(16-11(15-9)18-4)17-6-7-19-12(2,3)8-17/h5-8H2,1-4H3,(H,13,14,15,16). The van der Waals surface area contributed by atoms with Gasteiger partial charge in [0.1, 0.15) is 0 Å². The smallest absolute Gasteiger partial charge is 0.322 e. The fourth-order valence-electron chi connectivity index (χ4n) is 2.00. The highest BCUT2D eigenvalue weighted by atomic mass is 16.5. The Labute approximate surface area is 113 Å². The Hall–Kier alpha value is -1.63. The molecule has 0 atom stereocenters. The number of hydrogen-bond acceptors (Lipinski definition) is 7. The number of anilines is 2. The van der Waals surface area contributed by atoms with Crippen LogP contribution >= 0.6 is 0 Å². The quantitative estimate of drug-likeness (QED) is 0.869. The highest BCUT2D eigenvalue weighted by molar-refractivity contribution is 5.39. The molecule has 0 radical (unpaired) electrons. The van der Waals surface area contributed by atoms with Gasteiger partial charge in [0.2, 0.25) is 11.9 Å². The van der Waals surface area contributed by atoms with Crippen molar-refractivity contribution in [1.29, 1.82) is 0 Å². The molecule has 1 fully saturated rings. The number of aromatic nitrogens is 3. The fraction of sp³-hybridized carbons (Fsp3) is 0.750. The average molecular weight is 267 g/mol. The first-order valence-electron chi connectivity index (χ1n) is 6.47. The molecular formula is C12H21N5O2. The summed E-state index contributed by atoms with van der Waals surface area (Å²) in [5.74, 6) is 1.16. The Morgan fingerprint density at radius 1 is 1.37 bits per heavy atom. The van der Waals surface area contributed by atoms with Crippen LogP contribution in [-0.2, 0) is 4.74 Å². The molecule has 1 aliphatic heterocycles. The molecule has 0 spiro atoms. The molecule has 7 nitrogen and oxygen atoms in total. The van der Waals surface area contributed by atoms with Crippen LogP contribution in [0.4, 0.5) is 11.9 Å². The molecule has 1 aliphatic rings. The van der Waals surface area contributed by atoms with Crippen LogP contribution in [0, 0.1) is 0 Å². The van der Waals surface area contributed by atoms with Gasteiger partial charge in [0, 0.05) is 19.6 Å². The highest BCUT2D eigenvalue weighted by Crippen LogP contribution is 2.22. The van der Waals surface area contributed by atoms with Gasteiger partial charge in [0.15, 0.2) is 0 Å². The van der Waals surface area contributed by atoms with Crippen LogP contribution in [0.5, 0.6) is 6.01 Å². The first kappa shape index (κ1) is 13.8. The lowest BCUT2D eigenvalue weighted by Crippen LogP contribution is -2.49. The molecule has 19 heavy (non-hydrogen) atoms. The van der Waals surface area contributed by atoms with E-state index in [1.54, 1.807) is 7.11 Å². The molecular weight excluding hydrogens is 246 g/mol. The van der Waals surface area contributed by atoms with E-state index >= 15 is 0 Å². The SMILES string of the molecule is CCNc1nc(OC)nc(N2CCOC(C)(C)C2)n1. The molecule has 1 aromatic rings. The van der Waals surface area contributed by atoms with E-state index in [-0.39, 0.29) is 5.60 Å². The number of morpholine rings is 1. The Kier molecular flexibility index (Phi) is 4.04. The predicted octanol–water partition coefficient (Wildman–Crippen LogP) is 0.927. The van der Waals surface area contributed by atoms with Crippen molar-refractivity contribution in [2.24, 2.45) is 0 Å². The molecule has 1 saturated heterocycles. The molecule has 0 saturated carbocycles. The van der Waals surface area contributed by atoms with Gasteiger partial charge in [-0.1, -0.05) is 0 Å². The second-order valence-corrected chi connectivity index (χ2v) is 5.01. The molecule has 106 valence electrons. The zero-order valence-corrected chi connectivity index (χ0v) is 11.9. The van der Waals surface area contributed by atoms with Gasteiger partial charge in [-0.25, -0.2) is 0 Å². The van der Waals surface area contributed by atoms with Crippen LogP contribution in [-0.4, -0.2) is 53.9 Å². The van der Waals surface area contributed by atoms with E-state index in [0.29, 0.717) is 24.5 Å². The van der Waals surface area contributed by atoms with E-state index in [2.05, 4.69) is 39.0 Å². The summed E-state index contributed by atoms with van der Waals surface area (Å²) in [7, 11) is 1.55. The lowest BCUT2D eigenvalue weighted by molar-refractivity contribution is -0.0281. The van der Waals surface area contributed by atoms with E-state index in [9.17, 15) is 0 Å². The van der Waals surface area contributed by atoms with Crippen molar-refractivity contribution in [3.05, 3.63) is 0 Å². The molecule has 2 heterocycles. The topological polar surface area (TPSA) is 72.4 Å². The fourth-order valence-corrected chi connectivity index (χ4v) is 2.00. The Morgan fingerprint density at radius 3 is 2.79 bits per heavy atom. The van der Waals surface area contributed by atoms with E-state index in [4.69, 9.17) is 9.47 Å². The number of nitrogens with zero attached hydrogens (tertiary/aromatic N) is 4. The minimum atomic E-state index is -0.198. The third kappa shape index (κ3) is 3.44. The molecule has 1 aromatic heterocycles. The van der Waals surface area contributed by atoms with Gasteiger partial charge < -0.3 is 19.7 Å². The third-order valence-corrected chi connectivity index (χ3v) is 2.83. The second-order valence-electron chi connectivity index (χ2n) is 5.01. The molecule has 0 unspecified atom stereocenters. The van der Waals surface area contributed by atoms with E-state index in [1.807, 2.05) is 6.92 Å². The highest BCUT2D eigenvalue weighted by Gasteiger charge is 2.29. The van der Waals surface area contributed by atoms with Gasteiger partial charge in [0.25, 0.3) is 0 Å². The summed E-state index contributed by atoms with van der Waals surface area (Å²) < 4.78 is 10.8. The monoisotopic (exact) mass is 267 g/mol. The van der Waals surface area contributed by atoms with Gasteiger partial charge in [-0.3, -0.25) is 0 Å². The minimum absolute atomic E-state index is 0.198. The zero-order valence-electron chi connectivity index (χ0n) is 11.9. The van der Waals surface area contributed by atoms with E-state index in [1.165, 1.54) is 0 Å². The van der Waals surface area contributed by atoms with Gasteiger partial charge in [-0.2, -0.15) is 15.0 Å². The third-order valence-electron chi connectivity index (χ3n) is 2.83. The Bertz CT molecular complexity index is 438. The number of rotatable bonds is 4. The Morgan fingerprint density at radius 2 is 2.16 bits per heavy atom. The van der Waals surface area contributed by atoms with Crippen LogP contribution < -0.4 is 15.0 Å². The number of hydrogen-bond donors (Lipinski definition) is 1. The maximum Gasteiger partial charge on any atom is 0.322 e. The largest absolute Gasteiger partial charge is 0.467 e.